The number of carboxylic acid groups (broad SMARTS) is 1. The lowest BCUT2D eigenvalue weighted by atomic mass is 10.2. The summed E-state index contributed by atoms with van der Waals surface area (Å²) < 4.78 is 0. The lowest BCUT2D eigenvalue weighted by Gasteiger charge is -2.29. The first kappa shape index (κ1) is 18.2. The van der Waals surface area contributed by atoms with Crippen molar-refractivity contribution in [2.45, 2.75) is 6.92 Å². The molecule has 1 amide bonds. The van der Waals surface area contributed by atoms with Gasteiger partial charge in [0, 0.05) is 31.3 Å². The van der Waals surface area contributed by atoms with Gasteiger partial charge < -0.3 is 5.11 Å². The second-order valence-electron chi connectivity index (χ2n) is 5.00. The van der Waals surface area contributed by atoms with Crippen LogP contribution < -0.4 is 0 Å². The average Bonchev–Trinajstić information content (AvgIpc) is 2.49. The molecule has 1 N–H and O–H groups in total. The number of rotatable bonds is 7. The zero-order chi connectivity index (χ0) is 16.7. The lowest BCUT2D eigenvalue weighted by molar-refractivity contribution is -0.157. The number of benzene rings is 1. The summed E-state index contributed by atoms with van der Waals surface area (Å²) in [6.07, 6.45) is 0. The van der Waals surface area contributed by atoms with E-state index in [4.69, 9.17) is 5.11 Å². The summed E-state index contributed by atoms with van der Waals surface area (Å²) >= 11 is 1.06. The van der Waals surface area contributed by atoms with Gasteiger partial charge in [-0.3, -0.25) is 19.4 Å². The van der Waals surface area contributed by atoms with E-state index in [0.29, 0.717) is 11.3 Å². The lowest BCUT2D eigenvalue weighted by Crippen LogP contribution is -2.47. The fourth-order valence-electron chi connectivity index (χ4n) is 1.73. The standard InChI is InChI=1S/C15H20N2O4S/c1-11(14(20)17(16(2)3)9-13(18)19)10-22-15(21)12-7-5-4-6-8-12/h4-8,11H,9-10H2,1-3H3,(H,18,19). The van der Waals surface area contributed by atoms with Gasteiger partial charge in [0.15, 0.2) is 0 Å². The zero-order valence-corrected chi connectivity index (χ0v) is 13.7. The Hall–Kier alpha value is -1.86. The third kappa shape index (κ3) is 5.50. The van der Waals surface area contributed by atoms with E-state index in [-0.39, 0.29) is 11.0 Å². The van der Waals surface area contributed by atoms with Gasteiger partial charge in [-0.1, -0.05) is 49.0 Å². The van der Waals surface area contributed by atoms with Gasteiger partial charge in [0.1, 0.15) is 6.54 Å². The predicted octanol–water partition coefficient (Wildman–Crippen LogP) is 1.59. The van der Waals surface area contributed by atoms with Crippen molar-refractivity contribution < 1.29 is 19.5 Å². The summed E-state index contributed by atoms with van der Waals surface area (Å²) in [5.74, 6) is -1.56. The largest absolute Gasteiger partial charge is 0.480 e. The number of carboxylic acids is 1. The molecule has 1 atom stereocenters. The van der Waals surface area contributed by atoms with Gasteiger partial charge in [-0.05, 0) is 0 Å². The van der Waals surface area contributed by atoms with Crippen LogP contribution in [0.15, 0.2) is 30.3 Å². The van der Waals surface area contributed by atoms with Gasteiger partial charge in [0.05, 0.1) is 0 Å². The maximum atomic E-state index is 12.3. The highest BCUT2D eigenvalue weighted by atomic mass is 32.2. The van der Waals surface area contributed by atoms with E-state index >= 15 is 0 Å². The third-order valence-corrected chi connectivity index (χ3v) is 4.08. The molecule has 6 nitrogen and oxygen atoms in total. The molecule has 0 spiro atoms. The van der Waals surface area contributed by atoms with Crippen molar-refractivity contribution in [3.63, 3.8) is 0 Å². The number of hydrogen-bond acceptors (Lipinski definition) is 5. The smallest absolute Gasteiger partial charge is 0.324 e. The van der Waals surface area contributed by atoms with Gasteiger partial charge in [-0.15, -0.1) is 0 Å². The van der Waals surface area contributed by atoms with Crippen LogP contribution in [0.2, 0.25) is 0 Å². The van der Waals surface area contributed by atoms with Gasteiger partial charge in [0.25, 0.3) is 0 Å². The van der Waals surface area contributed by atoms with Gasteiger partial charge in [-0.25, -0.2) is 5.01 Å². The van der Waals surface area contributed by atoms with Crippen molar-refractivity contribution in [2.24, 2.45) is 5.92 Å². The Kier molecular flexibility index (Phi) is 7.07. The fraction of sp³-hybridized carbons (Fsp3) is 0.400. The molecule has 1 unspecified atom stereocenters. The zero-order valence-electron chi connectivity index (χ0n) is 12.9. The van der Waals surface area contributed by atoms with Crippen LogP contribution in [-0.2, 0) is 9.59 Å². The predicted molar refractivity (Wildman–Crippen MR) is 85.4 cm³/mol. The SMILES string of the molecule is CC(CSC(=O)c1ccccc1)C(=O)N(CC(=O)O)N(C)C. The Morgan fingerprint density at radius 2 is 1.77 bits per heavy atom. The second kappa shape index (κ2) is 8.55. The molecule has 0 aliphatic rings. The summed E-state index contributed by atoms with van der Waals surface area (Å²) in [5.41, 5.74) is 0.585. The number of amides is 1. The van der Waals surface area contributed by atoms with Gasteiger partial charge in [0.2, 0.25) is 11.0 Å². The molecule has 0 heterocycles. The van der Waals surface area contributed by atoms with Crippen LogP contribution in [0, 0.1) is 5.92 Å². The molecule has 0 aliphatic carbocycles. The summed E-state index contributed by atoms with van der Waals surface area (Å²) in [7, 11) is 3.21. The highest BCUT2D eigenvalue weighted by Gasteiger charge is 2.25. The van der Waals surface area contributed by atoms with Gasteiger partial charge in [-0.2, -0.15) is 0 Å². The molecule has 7 heteroatoms. The Balaban J connectivity index is 2.59. The Morgan fingerprint density at radius 1 is 1.18 bits per heavy atom. The molecule has 120 valence electrons. The van der Waals surface area contributed by atoms with Crippen LogP contribution in [0.5, 0.6) is 0 Å². The molecule has 1 aromatic carbocycles. The van der Waals surface area contributed by atoms with Gasteiger partial charge >= 0.3 is 5.97 Å². The molecule has 0 saturated heterocycles. The molecule has 22 heavy (non-hydrogen) atoms. The Bertz CT molecular complexity index is 534. The highest BCUT2D eigenvalue weighted by molar-refractivity contribution is 8.14. The first-order valence-electron chi connectivity index (χ1n) is 6.75. The van der Waals surface area contributed by atoms with Crippen molar-refractivity contribution in [2.75, 3.05) is 26.4 Å². The quantitative estimate of drug-likeness (QED) is 0.767. The topological polar surface area (TPSA) is 77.9 Å². The first-order valence-corrected chi connectivity index (χ1v) is 7.74. The Morgan fingerprint density at radius 3 is 2.27 bits per heavy atom. The van der Waals surface area contributed by atoms with Crippen LogP contribution in [0.25, 0.3) is 0 Å². The number of carbonyl (C=O) groups is 3. The second-order valence-corrected chi connectivity index (χ2v) is 6.00. The molecule has 0 radical (unpaired) electrons. The normalized spacial score (nSPS) is 12.0. The Labute approximate surface area is 134 Å². The third-order valence-electron chi connectivity index (χ3n) is 2.92. The number of aliphatic carboxylic acids is 1. The van der Waals surface area contributed by atoms with Crippen molar-refractivity contribution >= 4 is 28.8 Å². The van der Waals surface area contributed by atoms with Crippen molar-refractivity contribution in [1.29, 1.82) is 0 Å². The van der Waals surface area contributed by atoms with Crippen LogP contribution >= 0.6 is 11.8 Å². The number of nitrogens with zero attached hydrogens (tertiary/aromatic N) is 2. The minimum Gasteiger partial charge on any atom is -0.480 e. The van der Waals surface area contributed by atoms with Crippen LogP contribution in [-0.4, -0.2) is 58.5 Å². The fourth-order valence-corrected chi connectivity index (χ4v) is 2.58. The maximum absolute atomic E-state index is 12.3. The molecule has 0 bridgehead atoms. The highest BCUT2D eigenvalue weighted by Crippen LogP contribution is 2.17. The van der Waals surface area contributed by atoms with E-state index in [2.05, 4.69) is 0 Å². The average molecular weight is 324 g/mol. The molecular weight excluding hydrogens is 304 g/mol. The first-order chi connectivity index (χ1) is 10.3. The van der Waals surface area contributed by atoms with Crippen molar-refractivity contribution in [1.82, 2.24) is 10.0 Å². The summed E-state index contributed by atoms with van der Waals surface area (Å²) in [4.78, 5) is 35.1. The van der Waals surface area contributed by atoms with E-state index < -0.39 is 18.4 Å². The maximum Gasteiger partial charge on any atom is 0.324 e. The van der Waals surface area contributed by atoms with E-state index in [1.54, 1.807) is 45.3 Å². The minimum absolute atomic E-state index is 0.102. The van der Waals surface area contributed by atoms with Crippen LogP contribution in [0.3, 0.4) is 0 Å². The molecule has 0 saturated carbocycles. The van der Waals surface area contributed by atoms with Crippen molar-refractivity contribution in [3.8, 4) is 0 Å². The van der Waals surface area contributed by atoms with E-state index in [1.807, 2.05) is 6.07 Å². The van der Waals surface area contributed by atoms with Crippen LogP contribution in [0.1, 0.15) is 17.3 Å². The molecule has 1 rings (SSSR count). The summed E-state index contributed by atoms with van der Waals surface area (Å²) in [5, 5.41) is 11.3. The van der Waals surface area contributed by atoms with Crippen molar-refractivity contribution in [3.05, 3.63) is 35.9 Å². The number of hydrazine groups is 1. The van der Waals surface area contributed by atoms with E-state index in [0.717, 1.165) is 16.8 Å². The molecule has 1 aromatic rings. The number of thioether (sulfide) groups is 1. The minimum atomic E-state index is -1.08. The summed E-state index contributed by atoms with van der Waals surface area (Å²) in [6, 6.07) is 8.83. The summed E-state index contributed by atoms with van der Waals surface area (Å²) in [6.45, 7) is 1.29. The van der Waals surface area contributed by atoms with Crippen LogP contribution in [0.4, 0.5) is 0 Å². The molecular formula is C15H20N2O4S. The molecule has 0 fully saturated rings. The van der Waals surface area contributed by atoms with E-state index in [1.165, 1.54) is 5.01 Å². The molecule has 0 aromatic heterocycles. The van der Waals surface area contributed by atoms with E-state index in [9.17, 15) is 14.4 Å². The monoisotopic (exact) mass is 324 g/mol. The molecule has 0 aliphatic heterocycles. The number of carbonyl (C=O) groups excluding carboxylic acids is 2. The number of hydrogen-bond donors (Lipinski definition) is 1.